The maximum Gasteiger partial charge on any atom is 0.324 e. The Hall–Kier alpha value is -0.650. The van der Waals surface area contributed by atoms with Gasteiger partial charge in [-0.3, -0.25) is 4.79 Å². The van der Waals surface area contributed by atoms with Crippen molar-refractivity contribution in [1.29, 1.82) is 0 Å². The lowest BCUT2D eigenvalue weighted by Gasteiger charge is -2.30. The normalized spacial score (nSPS) is 26.0. The van der Waals surface area contributed by atoms with Gasteiger partial charge in [0.25, 0.3) is 0 Å². The molecular weight excluding hydrogens is 258 g/mol. The highest BCUT2D eigenvalue weighted by atomic mass is 16.5. The molecule has 2 N–H and O–H groups in total. The van der Waals surface area contributed by atoms with Gasteiger partial charge in [0.05, 0.1) is 13.2 Å². The predicted molar refractivity (Wildman–Crippen MR) is 77.9 cm³/mol. The molecule has 5 heteroatoms. The van der Waals surface area contributed by atoms with Gasteiger partial charge >= 0.3 is 5.97 Å². The van der Waals surface area contributed by atoms with Crippen LogP contribution in [-0.4, -0.2) is 50.1 Å². The Morgan fingerprint density at radius 1 is 1.30 bits per heavy atom. The first-order valence-electron chi connectivity index (χ1n) is 7.75. The minimum atomic E-state index is -0.749. The Morgan fingerprint density at radius 2 is 2.00 bits per heavy atom. The van der Waals surface area contributed by atoms with Gasteiger partial charge in [-0.25, -0.2) is 0 Å². The topological polar surface area (TPSA) is 67.8 Å². The first-order chi connectivity index (χ1) is 9.67. The molecule has 2 unspecified atom stereocenters. The van der Waals surface area contributed by atoms with Crippen molar-refractivity contribution in [2.45, 2.75) is 51.0 Å². The Kier molecular flexibility index (Phi) is 8.11. The van der Waals surface area contributed by atoms with Gasteiger partial charge in [-0.2, -0.15) is 0 Å². The molecule has 1 aliphatic rings. The van der Waals surface area contributed by atoms with E-state index in [0.29, 0.717) is 26.2 Å². The highest BCUT2D eigenvalue weighted by Crippen LogP contribution is 2.37. The molecule has 0 bridgehead atoms. The van der Waals surface area contributed by atoms with Crippen LogP contribution in [0.5, 0.6) is 0 Å². The van der Waals surface area contributed by atoms with E-state index in [2.05, 4.69) is 12.2 Å². The maximum absolute atomic E-state index is 11.5. The molecule has 5 nitrogen and oxygen atoms in total. The number of rotatable bonds is 11. The summed E-state index contributed by atoms with van der Waals surface area (Å²) in [6, 6.07) is 0. The van der Waals surface area contributed by atoms with Crippen molar-refractivity contribution in [3.8, 4) is 0 Å². The lowest BCUT2D eigenvalue weighted by atomic mass is 9.85. The molecule has 0 radical (unpaired) electrons. The van der Waals surface area contributed by atoms with Crippen LogP contribution in [0.25, 0.3) is 0 Å². The van der Waals surface area contributed by atoms with E-state index in [4.69, 9.17) is 9.47 Å². The molecule has 118 valence electrons. The van der Waals surface area contributed by atoms with Gasteiger partial charge in [0.15, 0.2) is 0 Å². The highest BCUT2D eigenvalue weighted by molar-refractivity contribution is 5.79. The summed E-state index contributed by atoms with van der Waals surface area (Å²) in [6.07, 6.45) is 5.67. The van der Waals surface area contributed by atoms with Crippen LogP contribution in [0.15, 0.2) is 0 Å². The summed E-state index contributed by atoms with van der Waals surface area (Å²) < 4.78 is 11.0. The Labute approximate surface area is 122 Å². The molecule has 0 amide bonds. The van der Waals surface area contributed by atoms with Crippen LogP contribution in [0.3, 0.4) is 0 Å². The molecule has 0 aromatic heterocycles. The number of carboxylic acids is 1. The standard InChI is InChI=1S/C15H29NO4/c1-3-4-9-19-11-12-20-10-7-13-6-5-8-15(13,16-2)14(17)18/h13,16H,3-12H2,1-2H3,(H,17,18). The number of aliphatic carboxylic acids is 1. The summed E-state index contributed by atoms with van der Waals surface area (Å²) in [5.41, 5.74) is -0.749. The summed E-state index contributed by atoms with van der Waals surface area (Å²) >= 11 is 0. The second-order valence-corrected chi connectivity index (χ2v) is 5.48. The summed E-state index contributed by atoms with van der Waals surface area (Å²) in [5.74, 6) is -0.573. The molecule has 0 aromatic carbocycles. The molecule has 0 spiro atoms. The van der Waals surface area contributed by atoms with Crippen LogP contribution in [0.4, 0.5) is 0 Å². The zero-order valence-corrected chi connectivity index (χ0v) is 12.8. The number of likely N-dealkylation sites (N-methyl/N-ethyl adjacent to an activating group) is 1. The van der Waals surface area contributed by atoms with E-state index in [9.17, 15) is 9.90 Å². The summed E-state index contributed by atoms with van der Waals surface area (Å²) in [5, 5.41) is 12.5. The van der Waals surface area contributed by atoms with Crippen LogP contribution in [0, 0.1) is 5.92 Å². The highest BCUT2D eigenvalue weighted by Gasteiger charge is 2.47. The fourth-order valence-corrected chi connectivity index (χ4v) is 2.98. The molecule has 0 heterocycles. The van der Waals surface area contributed by atoms with E-state index in [1.54, 1.807) is 7.05 Å². The number of ether oxygens (including phenoxy) is 2. The second-order valence-electron chi connectivity index (χ2n) is 5.48. The fraction of sp³-hybridized carbons (Fsp3) is 0.933. The fourth-order valence-electron chi connectivity index (χ4n) is 2.98. The van der Waals surface area contributed by atoms with Crippen molar-refractivity contribution in [3.63, 3.8) is 0 Å². The quantitative estimate of drug-likeness (QED) is 0.569. The number of nitrogens with one attached hydrogen (secondary N) is 1. The van der Waals surface area contributed by atoms with E-state index >= 15 is 0 Å². The van der Waals surface area contributed by atoms with Crippen LogP contribution in [-0.2, 0) is 14.3 Å². The van der Waals surface area contributed by atoms with Crippen LogP contribution >= 0.6 is 0 Å². The zero-order valence-electron chi connectivity index (χ0n) is 12.8. The van der Waals surface area contributed by atoms with Crippen LogP contribution in [0.2, 0.25) is 0 Å². The van der Waals surface area contributed by atoms with Crippen molar-refractivity contribution in [2.24, 2.45) is 5.92 Å². The van der Waals surface area contributed by atoms with Gasteiger partial charge in [0.2, 0.25) is 0 Å². The van der Waals surface area contributed by atoms with Gasteiger partial charge in [0, 0.05) is 13.2 Å². The molecule has 20 heavy (non-hydrogen) atoms. The van der Waals surface area contributed by atoms with Crippen molar-refractivity contribution < 1.29 is 19.4 Å². The first kappa shape index (κ1) is 17.4. The number of hydrogen-bond donors (Lipinski definition) is 2. The SMILES string of the molecule is CCCCOCCOCCC1CCCC1(NC)C(=O)O. The molecule has 1 aliphatic carbocycles. The Morgan fingerprint density at radius 3 is 2.60 bits per heavy atom. The largest absolute Gasteiger partial charge is 0.480 e. The minimum absolute atomic E-state index is 0.158. The van der Waals surface area contributed by atoms with Gasteiger partial charge in [0.1, 0.15) is 5.54 Å². The molecule has 0 aromatic rings. The van der Waals surface area contributed by atoms with Crippen molar-refractivity contribution in [2.75, 3.05) is 33.5 Å². The second kappa shape index (κ2) is 9.32. The number of unbranched alkanes of at least 4 members (excludes halogenated alkanes) is 1. The van der Waals surface area contributed by atoms with Gasteiger partial charge < -0.3 is 19.9 Å². The zero-order chi connectivity index (χ0) is 14.8. The third-order valence-electron chi connectivity index (χ3n) is 4.27. The van der Waals surface area contributed by atoms with E-state index < -0.39 is 11.5 Å². The van der Waals surface area contributed by atoms with Crippen LogP contribution < -0.4 is 5.32 Å². The molecule has 0 aliphatic heterocycles. The number of carbonyl (C=O) groups is 1. The molecule has 1 saturated carbocycles. The van der Waals surface area contributed by atoms with E-state index in [-0.39, 0.29) is 5.92 Å². The average molecular weight is 287 g/mol. The minimum Gasteiger partial charge on any atom is -0.480 e. The molecule has 1 fully saturated rings. The third kappa shape index (κ3) is 4.72. The lowest BCUT2D eigenvalue weighted by molar-refractivity contribution is -0.146. The van der Waals surface area contributed by atoms with Gasteiger partial charge in [-0.1, -0.05) is 19.8 Å². The van der Waals surface area contributed by atoms with E-state index in [1.165, 1.54) is 0 Å². The van der Waals surface area contributed by atoms with Crippen LogP contribution in [0.1, 0.15) is 45.4 Å². The monoisotopic (exact) mass is 287 g/mol. The van der Waals surface area contributed by atoms with E-state index in [0.717, 1.165) is 38.7 Å². The summed E-state index contributed by atoms with van der Waals surface area (Å²) in [7, 11) is 1.74. The van der Waals surface area contributed by atoms with Gasteiger partial charge in [-0.15, -0.1) is 0 Å². The van der Waals surface area contributed by atoms with Crippen molar-refractivity contribution in [1.82, 2.24) is 5.32 Å². The summed E-state index contributed by atoms with van der Waals surface area (Å²) in [6.45, 7) is 4.76. The lowest BCUT2D eigenvalue weighted by Crippen LogP contribution is -2.53. The van der Waals surface area contributed by atoms with E-state index in [1.807, 2.05) is 0 Å². The Bertz CT molecular complexity index is 285. The van der Waals surface area contributed by atoms with Crippen molar-refractivity contribution >= 4 is 5.97 Å². The number of carboxylic acid groups (broad SMARTS) is 1. The molecule has 0 saturated heterocycles. The first-order valence-corrected chi connectivity index (χ1v) is 7.75. The van der Waals surface area contributed by atoms with Crippen molar-refractivity contribution in [3.05, 3.63) is 0 Å². The average Bonchev–Trinajstić information content (AvgIpc) is 2.86. The van der Waals surface area contributed by atoms with Gasteiger partial charge in [-0.05, 0) is 38.6 Å². The maximum atomic E-state index is 11.5. The number of hydrogen-bond acceptors (Lipinski definition) is 4. The smallest absolute Gasteiger partial charge is 0.324 e. The molecule has 1 rings (SSSR count). The molecular formula is C15H29NO4. The third-order valence-corrected chi connectivity index (χ3v) is 4.27. The predicted octanol–water partition coefficient (Wildman–Crippen LogP) is 2.05. The summed E-state index contributed by atoms with van der Waals surface area (Å²) in [4.78, 5) is 11.5. The Balaban J connectivity index is 2.16. The molecule has 2 atom stereocenters.